The largest absolute Gasteiger partial charge is 0.374 e. The van der Waals surface area contributed by atoms with Gasteiger partial charge in [0.15, 0.2) is 0 Å². The zero-order chi connectivity index (χ0) is 20.1. The van der Waals surface area contributed by atoms with Gasteiger partial charge in [-0.3, -0.25) is 4.90 Å². The van der Waals surface area contributed by atoms with E-state index in [1.807, 2.05) is 0 Å². The van der Waals surface area contributed by atoms with Crippen LogP contribution in [0.4, 0.5) is 0 Å². The van der Waals surface area contributed by atoms with Gasteiger partial charge in [0.2, 0.25) is 0 Å². The van der Waals surface area contributed by atoms with Crippen LogP contribution in [0.3, 0.4) is 0 Å². The molecular formula is C26H36N2O. The third kappa shape index (κ3) is 5.48. The van der Waals surface area contributed by atoms with Crippen LogP contribution in [-0.4, -0.2) is 48.6 Å². The fourth-order valence-electron chi connectivity index (χ4n) is 4.72. The highest BCUT2D eigenvalue weighted by molar-refractivity contribution is 5.63. The van der Waals surface area contributed by atoms with Crippen molar-refractivity contribution < 1.29 is 4.74 Å². The second-order valence-corrected chi connectivity index (χ2v) is 8.89. The normalized spacial score (nSPS) is 21.7. The van der Waals surface area contributed by atoms with E-state index in [1.54, 1.807) is 0 Å². The average Bonchev–Trinajstić information content (AvgIpc) is 3.28. The summed E-state index contributed by atoms with van der Waals surface area (Å²) in [7, 11) is 2.26. The number of nitrogens with zero attached hydrogens (tertiary/aromatic N) is 2. The van der Waals surface area contributed by atoms with Gasteiger partial charge in [0, 0.05) is 32.2 Å². The third-order valence-corrected chi connectivity index (χ3v) is 6.77. The van der Waals surface area contributed by atoms with Gasteiger partial charge in [0.25, 0.3) is 0 Å². The van der Waals surface area contributed by atoms with Crippen molar-refractivity contribution >= 4 is 0 Å². The molecule has 2 aromatic rings. The molecule has 1 atom stereocenters. The molecule has 2 fully saturated rings. The molecule has 0 N–H and O–H groups in total. The molecule has 1 heterocycles. The Balaban J connectivity index is 1.31. The van der Waals surface area contributed by atoms with Crippen molar-refractivity contribution in [2.45, 2.75) is 64.3 Å². The molecule has 29 heavy (non-hydrogen) atoms. The third-order valence-electron chi connectivity index (χ3n) is 6.77. The van der Waals surface area contributed by atoms with Crippen LogP contribution in [0.25, 0.3) is 11.1 Å². The van der Waals surface area contributed by atoms with E-state index < -0.39 is 0 Å². The average molecular weight is 393 g/mol. The van der Waals surface area contributed by atoms with Gasteiger partial charge >= 0.3 is 0 Å². The van der Waals surface area contributed by atoms with Crippen molar-refractivity contribution in [1.29, 1.82) is 0 Å². The smallest absolute Gasteiger partial charge is 0.0720 e. The van der Waals surface area contributed by atoms with E-state index in [0.717, 1.165) is 13.2 Å². The maximum atomic E-state index is 6.04. The number of hydrogen-bond donors (Lipinski definition) is 0. The Morgan fingerprint density at radius 1 is 0.862 bits per heavy atom. The molecular weight excluding hydrogens is 356 g/mol. The highest BCUT2D eigenvalue weighted by Gasteiger charge is 2.22. The summed E-state index contributed by atoms with van der Waals surface area (Å²) >= 11 is 0. The molecule has 2 aliphatic rings. The molecule has 2 aromatic carbocycles. The Morgan fingerprint density at radius 3 is 2.10 bits per heavy atom. The fourth-order valence-corrected chi connectivity index (χ4v) is 4.72. The van der Waals surface area contributed by atoms with Crippen molar-refractivity contribution in [3.05, 3.63) is 59.7 Å². The second kappa shape index (κ2) is 9.88. The topological polar surface area (TPSA) is 15.7 Å². The number of benzene rings is 2. The Morgan fingerprint density at radius 2 is 1.48 bits per heavy atom. The molecule has 1 aliphatic heterocycles. The van der Waals surface area contributed by atoms with Crippen molar-refractivity contribution in [3.8, 4) is 11.1 Å². The minimum Gasteiger partial charge on any atom is -0.374 e. The first-order valence-corrected chi connectivity index (χ1v) is 11.4. The van der Waals surface area contributed by atoms with Crippen LogP contribution in [0.15, 0.2) is 48.5 Å². The summed E-state index contributed by atoms with van der Waals surface area (Å²) in [5.41, 5.74) is 5.26. The first kappa shape index (κ1) is 20.6. The summed E-state index contributed by atoms with van der Waals surface area (Å²) in [4.78, 5) is 5.10. The zero-order valence-electron chi connectivity index (χ0n) is 18.1. The maximum Gasteiger partial charge on any atom is 0.0720 e. The van der Waals surface area contributed by atoms with E-state index in [2.05, 4.69) is 72.3 Å². The Kier molecular flexibility index (Phi) is 7.02. The molecule has 0 spiro atoms. The molecule has 156 valence electrons. The quantitative estimate of drug-likeness (QED) is 0.633. The van der Waals surface area contributed by atoms with Gasteiger partial charge in [-0.25, -0.2) is 0 Å². The molecule has 0 radical (unpaired) electrons. The Bertz CT molecular complexity index is 749. The predicted octanol–water partition coefficient (Wildman–Crippen LogP) is 5.34. The first-order chi connectivity index (χ1) is 14.2. The molecule has 3 heteroatoms. The first-order valence-electron chi connectivity index (χ1n) is 11.4. The summed E-state index contributed by atoms with van der Waals surface area (Å²) in [5.74, 6) is 0. The minimum absolute atomic E-state index is 0.482. The Labute approximate surface area is 176 Å². The van der Waals surface area contributed by atoms with Crippen molar-refractivity contribution in [2.24, 2.45) is 0 Å². The van der Waals surface area contributed by atoms with Crippen LogP contribution in [0.5, 0.6) is 0 Å². The monoisotopic (exact) mass is 392 g/mol. The molecule has 3 nitrogen and oxygen atoms in total. The fraction of sp³-hybridized carbons (Fsp3) is 0.538. The van der Waals surface area contributed by atoms with E-state index in [4.69, 9.17) is 4.74 Å². The lowest BCUT2D eigenvalue weighted by atomic mass is 10.0. The molecule has 0 aromatic heterocycles. The van der Waals surface area contributed by atoms with Gasteiger partial charge in [-0.2, -0.15) is 0 Å². The summed E-state index contributed by atoms with van der Waals surface area (Å²) in [6, 6.07) is 18.7. The number of piperazine rings is 1. The van der Waals surface area contributed by atoms with Crippen LogP contribution in [-0.2, 0) is 17.9 Å². The molecule has 1 unspecified atom stereocenters. The van der Waals surface area contributed by atoms with Gasteiger partial charge < -0.3 is 9.64 Å². The van der Waals surface area contributed by atoms with Crippen LogP contribution in [0.1, 0.15) is 50.2 Å². The Hall–Kier alpha value is -1.68. The maximum absolute atomic E-state index is 6.04. The molecule has 0 bridgehead atoms. The summed E-state index contributed by atoms with van der Waals surface area (Å²) in [6.07, 6.45) is 6.83. The van der Waals surface area contributed by atoms with E-state index in [9.17, 15) is 0 Å². The standard InChI is InChI=1S/C26H36N2O/c1-3-25-19-28(17-16-27(25)2)18-21-8-12-23(13-9-21)24-14-10-22(11-15-24)20-29-26-6-4-5-7-26/h8-15,25-26H,3-7,16-20H2,1-2H3. The van der Waals surface area contributed by atoms with E-state index in [1.165, 1.54) is 74.0 Å². The van der Waals surface area contributed by atoms with Gasteiger partial charge in [-0.05, 0) is 48.6 Å². The van der Waals surface area contributed by atoms with Crippen LogP contribution < -0.4 is 0 Å². The van der Waals surface area contributed by atoms with E-state index in [-0.39, 0.29) is 0 Å². The number of rotatable bonds is 7. The van der Waals surface area contributed by atoms with Gasteiger partial charge in [-0.15, -0.1) is 0 Å². The lowest BCUT2D eigenvalue weighted by Gasteiger charge is -2.39. The number of ether oxygens (including phenoxy) is 1. The number of likely N-dealkylation sites (N-methyl/N-ethyl adjacent to an activating group) is 1. The summed E-state index contributed by atoms with van der Waals surface area (Å²) in [5, 5.41) is 0. The van der Waals surface area contributed by atoms with Crippen molar-refractivity contribution in [3.63, 3.8) is 0 Å². The molecule has 1 saturated heterocycles. The van der Waals surface area contributed by atoms with Crippen LogP contribution >= 0.6 is 0 Å². The van der Waals surface area contributed by atoms with Gasteiger partial charge in [-0.1, -0.05) is 68.3 Å². The highest BCUT2D eigenvalue weighted by atomic mass is 16.5. The van der Waals surface area contributed by atoms with Crippen molar-refractivity contribution in [2.75, 3.05) is 26.7 Å². The summed E-state index contributed by atoms with van der Waals surface area (Å²) in [6.45, 7) is 7.62. The minimum atomic E-state index is 0.482. The molecule has 0 amide bonds. The highest BCUT2D eigenvalue weighted by Crippen LogP contribution is 2.24. The van der Waals surface area contributed by atoms with Crippen molar-refractivity contribution in [1.82, 2.24) is 9.80 Å². The van der Waals surface area contributed by atoms with E-state index >= 15 is 0 Å². The van der Waals surface area contributed by atoms with Crippen LogP contribution in [0, 0.1) is 0 Å². The SMILES string of the molecule is CCC1CN(Cc2ccc(-c3ccc(COC4CCCC4)cc3)cc2)CCN1C. The zero-order valence-corrected chi connectivity index (χ0v) is 18.1. The lowest BCUT2D eigenvalue weighted by molar-refractivity contribution is 0.0457. The van der Waals surface area contributed by atoms with Gasteiger partial charge in [0.05, 0.1) is 12.7 Å². The predicted molar refractivity (Wildman–Crippen MR) is 121 cm³/mol. The second-order valence-electron chi connectivity index (χ2n) is 8.89. The molecule has 4 rings (SSSR count). The summed E-state index contributed by atoms with van der Waals surface area (Å²) < 4.78 is 6.04. The van der Waals surface area contributed by atoms with Gasteiger partial charge in [0.1, 0.15) is 0 Å². The van der Waals surface area contributed by atoms with Crippen LogP contribution in [0.2, 0.25) is 0 Å². The lowest BCUT2D eigenvalue weighted by Crippen LogP contribution is -2.50. The van der Waals surface area contributed by atoms with E-state index in [0.29, 0.717) is 12.1 Å². The molecule has 1 saturated carbocycles. The molecule has 1 aliphatic carbocycles. The number of hydrogen-bond acceptors (Lipinski definition) is 3.